The van der Waals surface area contributed by atoms with Gasteiger partial charge >= 0.3 is 364 Å². The number of hydrogen-bond donors (Lipinski definition) is 0. The van der Waals surface area contributed by atoms with Crippen molar-refractivity contribution in [1.82, 2.24) is 0 Å². The van der Waals surface area contributed by atoms with Gasteiger partial charge in [-0.15, -0.1) is 0 Å². The van der Waals surface area contributed by atoms with Gasteiger partial charge in [0.25, 0.3) is 0 Å². The fourth-order valence-corrected chi connectivity index (χ4v) is 24.2. The first-order valence-corrected chi connectivity index (χ1v) is 46.0. The van der Waals surface area contributed by atoms with Crippen LogP contribution in [0.25, 0.3) is 0 Å². The standard InChI is InChI=1S/15C2H5O.5Tl/c15*1-2-3;;;;;/h15*2H2,1H3;;;;;/q15*-1;5*+3. The molecule has 0 amide bonds. The van der Waals surface area contributed by atoms with Crippen LogP contribution in [-0.4, -0.2) is 219 Å². The Morgan fingerprint density at radius 1 is 0.160 bits per heavy atom. The first-order valence-electron chi connectivity index (χ1n) is 18.5. The second kappa shape index (κ2) is 59.7. The van der Waals surface area contributed by atoms with E-state index in [0.717, 1.165) is 0 Å². The van der Waals surface area contributed by atoms with Crippen LogP contribution in [0.3, 0.4) is 0 Å². The van der Waals surface area contributed by atoms with Gasteiger partial charge in [0.15, 0.2) is 0 Å². The first-order chi connectivity index (χ1) is 24.2. The molecule has 0 aliphatic heterocycles. The summed E-state index contributed by atoms with van der Waals surface area (Å²) in [6.07, 6.45) is 0. The molecule has 0 radical (unpaired) electrons. The molecule has 0 aromatic carbocycles. The van der Waals surface area contributed by atoms with Gasteiger partial charge in [-0.2, -0.15) is 0 Å². The molecule has 0 bridgehead atoms. The topological polar surface area (TPSA) is 138 Å². The van der Waals surface area contributed by atoms with E-state index in [0.29, 0.717) is 99.1 Å². The molecule has 50 heavy (non-hydrogen) atoms. The van der Waals surface area contributed by atoms with Gasteiger partial charge in [0.2, 0.25) is 0 Å². The van der Waals surface area contributed by atoms with Gasteiger partial charge in [0, 0.05) is 0 Å². The van der Waals surface area contributed by atoms with Crippen molar-refractivity contribution in [1.29, 1.82) is 0 Å². The quantitative estimate of drug-likeness (QED) is 0.0849. The third-order valence-electron chi connectivity index (χ3n) is 4.54. The number of hydrogen-bond acceptors (Lipinski definition) is 15. The molecule has 0 saturated carbocycles. The van der Waals surface area contributed by atoms with Gasteiger partial charge < -0.3 is 0 Å². The van der Waals surface area contributed by atoms with Crippen molar-refractivity contribution in [3.8, 4) is 0 Å². The Labute approximate surface area is 358 Å². The molecule has 0 heterocycles. The van der Waals surface area contributed by atoms with E-state index >= 15 is 0 Å². The van der Waals surface area contributed by atoms with E-state index in [2.05, 4.69) is 0 Å². The molecule has 0 N–H and O–H groups in total. The van der Waals surface area contributed by atoms with Gasteiger partial charge in [-0.3, -0.25) is 0 Å². The summed E-state index contributed by atoms with van der Waals surface area (Å²) in [5.74, 6) is 0. The molecular weight excluding hydrogens is 1620 g/mol. The Morgan fingerprint density at radius 2 is 0.220 bits per heavy atom. The fraction of sp³-hybridized carbons (Fsp3) is 1.00. The monoisotopic (exact) mass is 1700 g/mol. The van der Waals surface area contributed by atoms with Crippen LogP contribution >= 0.6 is 0 Å². The van der Waals surface area contributed by atoms with Crippen LogP contribution in [-0.2, 0) is 40.3 Å². The molecule has 15 nitrogen and oxygen atoms in total. The van der Waals surface area contributed by atoms with Crippen molar-refractivity contribution in [2.45, 2.75) is 104 Å². The van der Waals surface area contributed by atoms with E-state index in [9.17, 15) is 0 Å². The summed E-state index contributed by atoms with van der Waals surface area (Å²) in [4.78, 5) is 0. The van der Waals surface area contributed by atoms with Gasteiger partial charge in [-0.1, -0.05) is 0 Å². The van der Waals surface area contributed by atoms with Crippen LogP contribution in [0.5, 0.6) is 0 Å². The Bertz CT molecular complexity index is 383. The Hall–Kier alpha value is 4.01. The summed E-state index contributed by atoms with van der Waals surface area (Å²) in [6.45, 7) is 40.2. The van der Waals surface area contributed by atoms with Crippen molar-refractivity contribution < 1.29 is 40.3 Å². The Kier molecular flexibility index (Phi) is 75.4. The molecule has 0 rings (SSSR count). The summed E-state index contributed by atoms with van der Waals surface area (Å²) < 4.78 is 79.5. The van der Waals surface area contributed by atoms with Crippen LogP contribution in [0.4, 0.5) is 0 Å². The summed E-state index contributed by atoms with van der Waals surface area (Å²) in [5.41, 5.74) is 0. The molecule has 0 aromatic heterocycles. The molecule has 0 fully saturated rings. The maximum absolute atomic E-state index is 5.30. The maximum atomic E-state index is 5.30. The Morgan fingerprint density at radius 3 is 0.260 bits per heavy atom. The van der Waals surface area contributed by atoms with E-state index in [1.807, 2.05) is 104 Å². The minimum absolute atomic E-state index is 0.715. The molecule has 0 aromatic rings. The summed E-state index contributed by atoms with van der Waals surface area (Å²) in [7, 11) is 0. The molecule has 0 aliphatic carbocycles. The van der Waals surface area contributed by atoms with E-state index < -0.39 is 120 Å². The molecule has 300 valence electrons. The minimum atomic E-state index is -2.49. The van der Waals surface area contributed by atoms with Crippen LogP contribution in [0.15, 0.2) is 0 Å². The van der Waals surface area contributed by atoms with E-state index in [1.54, 1.807) is 0 Å². The molecule has 0 unspecified atom stereocenters. The van der Waals surface area contributed by atoms with Gasteiger partial charge in [0.1, 0.15) is 0 Å². The van der Waals surface area contributed by atoms with E-state index in [1.165, 1.54) is 0 Å². The molecule has 0 saturated heterocycles. The SMILES string of the molecule is CC[O][Tl]([O]CC)[O]CC.CC[O][Tl]([O]CC)[O]CC.CC[O][Tl]([O]CC)[O]CC.CC[O][Tl]([O]CC)[O]CC.CC[O][Tl]([O]CC)[O]CC. The van der Waals surface area contributed by atoms with Gasteiger partial charge in [0.05, 0.1) is 0 Å². The van der Waals surface area contributed by atoms with Crippen LogP contribution < -0.4 is 0 Å². The normalized spacial score (nSPS) is 9.90. The molecular formula is C30H75O15Tl5. The van der Waals surface area contributed by atoms with E-state index in [4.69, 9.17) is 40.3 Å². The zero-order valence-corrected chi connectivity index (χ0v) is 57.1. The molecule has 20 heteroatoms. The van der Waals surface area contributed by atoms with Crippen molar-refractivity contribution in [3.05, 3.63) is 0 Å². The predicted molar refractivity (Wildman–Crippen MR) is 203 cm³/mol. The number of rotatable bonds is 30. The zero-order chi connectivity index (χ0) is 39.1. The molecule has 0 aliphatic rings. The second-order valence-electron chi connectivity index (χ2n) is 8.27. The van der Waals surface area contributed by atoms with Crippen molar-refractivity contribution >= 4 is 120 Å². The van der Waals surface area contributed by atoms with Gasteiger partial charge in [-0.05, 0) is 0 Å². The van der Waals surface area contributed by atoms with Gasteiger partial charge in [-0.25, -0.2) is 0 Å². The third-order valence-corrected chi connectivity index (χ3v) is 39.8. The van der Waals surface area contributed by atoms with Crippen molar-refractivity contribution in [3.63, 3.8) is 0 Å². The molecule has 0 spiro atoms. The average Bonchev–Trinajstić information content (AvgIpc) is 3.08. The van der Waals surface area contributed by atoms with Crippen LogP contribution in [0.2, 0.25) is 0 Å². The average molecular weight is 1700 g/mol. The zero-order valence-electron chi connectivity index (χ0n) is 34.6. The second-order valence-corrected chi connectivity index (χ2v) is 38.9. The third kappa shape index (κ3) is 56.3. The van der Waals surface area contributed by atoms with Crippen molar-refractivity contribution in [2.24, 2.45) is 0 Å². The Balaban J connectivity index is -0.000000169. The summed E-state index contributed by atoms with van der Waals surface area (Å²) in [6, 6.07) is 0. The molecule has 0 atom stereocenters. The summed E-state index contributed by atoms with van der Waals surface area (Å²) >= 11 is -12.5. The van der Waals surface area contributed by atoms with Crippen LogP contribution in [0, 0.1) is 0 Å². The van der Waals surface area contributed by atoms with Crippen LogP contribution in [0.1, 0.15) is 104 Å². The van der Waals surface area contributed by atoms with E-state index in [-0.39, 0.29) is 0 Å². The first kappa shape index (κ1) is 63.2. The predicted octanol–water partition coefficient (Wildman–Crippen LogP) is 5.40. The summed E-state index contributed by atoms with van der Waals surface area (Å²) in [5, 5.41) is 0. The fourth-order valence-electron chi connectivity index (χ4n) is 2.76. The van der Waals surface area contributed by atoms with Crippen molar-refractivity contribution in [2.75, 3.05) is 99.1 Å².